The van der Waals surface area contributed by atoms with Gasteiger partial charge in [0.1, 0.15) is 6.04 Å². The van der Waals surface area contributed by atoms with Crippen molar-refractivity contribution < 1.29 is 31.7 Å². The number of urea groups is 1. The molecule has 0 saturated carbocycles. The Morgan fingerprint density at radius 1 is 1.50 bits per heavy atom. The number of nitrogens with zero attached hydrogens (tertiary/aromatic N) is 2. The van der Waals surface area contributed by atoms with E-state index in [-0.39, 0.29) is 12.6 Å². The zero-order valence-electron chi connectivity index (χ0n) is 12.8. The van der Waals surface area contributed by atoms with Crippen molar-refractivity contribution in [3.05, 3.63) is 11.6 Å². The van der Waals surface area contributed by atoms with Gasteiger partial charge >= 0.3 is 16.4 Å². The van der Waals surface area contributed by atoms with Gasteiger partial charge in [0, 0.05) is 6.54 Å². The molecule has 24 heavy (non-hydrogen) atoms. The van der Waals surface area contributed by atoms with E-state index in [1.54, 1.807) is 13.0 Å². The Kier molecular flexibility index (Phi) is 4.48. The van der Waals surface area contributed by atoms with E-state index in [1.165, 1.54) is 0 Å². The van der Waals surface area contributed by atoms with Crippen molar-refractivity contribution in [3.63, 3.8) is 0 Å². The molecule has 0 aromatic carbocycles. The van der Waals surface area contributed by atoms with Gasteiger partial charge in [0.25, 0.3) is 5.91 Å². The Morgan fingerprint density at radius 2 is 2.25 bits per heavy atom. The second kappa shape index (κ2) is 6.29. The van der Waals surface area contributed by atoms with Crippen LogP contribution in [0.4, 0.5) is 4.79 Å². The zero-order chi connectivity index (χ0) is 17.5. The van der Waals surface area contributed by atoms with E-state index >= 15 is 0 Å². The summed E-state index contributed by atoms with van der Waals surface area (Å²) in [4.78, 5) is 31.1. The van der Waals surface area contributed by atoms with Crippen LogP contribution in [0.1, 0.15) is 13.3 Å². The molecule has 1 unspecified atom stereocenters. The van der Waals surface area contributed by atoms with Gasteiger partial charge in [-0.25, -0.2) is 10.3 Å². The van der Waals surface area contributed by atoms with Crippen molar-refractivity contribution in [1.82, 2.24) is 20.8 Å². The lowest BCUT2D eigenvalue weighted by Crippen LogP contribution is -2.50. The molecule has 0 aromatic rings. The standard InChI is InChI=1S/C12H18N4O7S/c1-7-4-8-6-15(12(18)16(8)23-24(19,20)21)10(7)11(17)14-22-9-2-3-13-5-9/h4,8-10,13H,2-3,5-6H2,1H3,(H,14,17)(H,19,20,21)/t8-,9?,10+/m1/s1. The number of carbonyl (C=O) groups excluding carboxylic acids is 2. The molecule has 3 atom stereocenters. The fraction of sp³-hybridized carbons (Fsp3) is 0.667. The minimum atomic E-state index is -4.84. The van der Waals surface area contributed by atoms with Crippen LogP contribution in [-0.2, 0) is 24.3 Å². The monoisotopic (exact) mass is 362 g/mol. The Balaban J connectivity index is 1.69. The average Bonchev–Trinajstić information content (AvgIpc) is 3.07. The number of hydrogen-bond donors (Lipinski definition) is 3. The maximum absolute atomic E-state index is 12.4. The minimum absolute atomic E-state index is 0.0643. The summed E-state index contributed by atoms with van der Waals surface area (Å²) in [7, 11) is -4.84. The van der Waals surface area contributed by atoms with Crippen LogP contribution in [0.15, 0.2) is 11.6 Å². The summed E-state index contributed by atoms with van der Waals surface area (Å²) < 4.78 is 34.8. The lowest BCUT2D eigenvalue weighted by Gasteiger charge is -2.29. The quantitative estimate of drug-likeness (QED) is 0.307. The Labute approximate surface area is 138 Å². The van der Waals surface area contributed by atoms with Gasteiger partial charge in [0.2, 0.25) is 0 Å². The van der Waals surface area contributed by atoms with Gasteiger partial charge in [-0.15, -0.1) is 4.28 Å². The first-order valence-corrected chi connectivity index (χ1v) is 8.74. The number of rotatable bonds is 5. The summed E-state index contributed by atoms with van der Waals surface area (Å²) in [6, 6.07) is -2.46. The lowest BCUT2D eigenvalue weighted by molar-refractivity contribution is -0.141. The highest BCUT2D eigenvalue weighted by atomic mass is 32.3. The van der Waals surface area contributed by atoms with Gasteiger partial charge in [-0.1, -0.05) is 6.08 Å². The first-order valence-electron chi connectivity index (χ1n) is 7.37. The van der Waals surface area contributed by atoms with E-state index in [9.17, 15) is 18.0 Å². The topological polar surface area (TPSA) is 138 Å². The molecule has 3 heterocycles. The van der Waals surface area contributed by atoms with E-state index in [1.807, 2.05) is 0 Å². The predicted molar refractivity (Wildman–Crippen MR) is 78.4 cm³/mol. The maximum Gasteiger partial charge on any atom is 0.418 e. The van der Waals surface area contributed by atoms with E-state index < -0.39 is 34.4 Å². The largest absolute Gasteiger partial charge is 0.418 e. The Hall–Kier alpha value is -1.73. The molecule has 134 valence electrons. The first kappa shape index (κ1) is 17.1. The van der Waals surface area contributed by atoms with Crippen molar-refractivity contribution in [1.29, 1.82) is 0 Å². The third kappa shape index (κ3) is 3.37. The summed E-state index contributed by atoms with van der Waals surface area (Å²) in [6.07, 6.45) is 2.18. The molecule has 3 amide bonds. The lowest BCUT2D eigenvalue weighted by atomic mass is 10.0. The van der Waals surface area contributed by atoms with Gasteiger partial charge in [-0.3, -0.25) is 14.2 Å². The molecule has 11 nitrogen and oxygen atoms in total. The van der Waals surface area contributed by atoms with E-state index in [0.717, 1.165) is 17.9 Å². The highest BCUT2D eigenvalue weighted by Gasteiger charge is 2.49. The highest BCUT2D eigenvalue weighted by Crippen LogP contribution is 2.30. The van der Waals surface area contributed by atoms with E-state index in [4.69, 9.17) is 9.39 Å². The highest BCUT2D eigenvalue weighted by molar-refractivity contribution is 7.80. The zero-order valence-corrected chi connectivity index (χ0v) is 13.7. The van der Waals surface area contributed by atoms with E-state index in [0.29, 0.717) is 17.2 Å². The van der Waals surface area contributed by atoms with Crippen LogP contribution in [0.3, 0.4) is 0 Å². The molecule has 3 rings (SSSR count). The molecular formula is C12H18N4O7S. The van der Waals surface area contributed by atoms with E-state index in [2.05, 4.69) is 15.1 Å². The smallest absolute Gasteiger partial charge is 0.314 e. The van der Waals surface area contributed by atoms with Crippen LogP contribution < -0.4 is 10.8 Å². The van der Waals surface area contributed by atoms with Crippen molar-refractivity contribution in [2.45, 2.75) is 31.5 Å². The molecule has 0 radical (unpaired) electrons. The summed E-state index contributed by atoms with van der Waals surface area (Å²) >= 11 is 0. The molecule has 0 spiro atoms. The summed E-state index contributed by atoms with van der Waals surface area (Å²) in [5.74, 6) is -0.531. The number of hydroxylamine groups is 3. The second-order valence-corrected chi connectivity index (χ2v) is 6.85. The fourth-order valence-electron chi connectivity index (χ4n) is 3.06. The normalized spacial score (nSPS) is 29.8. The molecule has 0 aromatic heterocycles. The van der Waals surface area contributed by atoms with Gasteiger partial charge in [0.15, 0.2) is 0 Å². The van der Waals surface area contributed by atoms with Crippen LogP contribution in [0.5, 0.6) is 0 Å². The maximum atomic E-state index is 12.4. The van der Waals surface area contributed by atoms with Crippen LogP contribution in [-0.4, -0.2) is 72.7 Å². The predicted octanol–water partition coefficient (Wildman–Crippen LogP) is -1.43. The van der Waals surface area contributed by atoms with Crippen molar-refractivity contribution in [2.24, 2.45) is 0 Å². The molecule has 2 saturated heterocycles. The van der Waals surface area contributed by atoms with Gasteiger partial charge in [-0.2, -0.15) is 13.5 Å². The third-order valence-corrected chi connectivity index (χ3v) is 4.43. The Morgan fingerprint density at radius 3 is 2.88 bits per heavy atom. The van der Waals surface area contributed by atoms with Crippen LogP contribution in [0, 0.1) is 0 Å². The SMILES string of the molecule is CC1=C[C@@H]2CN(C(=O)N2OS(=O)(=O)O)[C@@H]1C(=O)NOC1CCNC1. The number of nitrogens with one attached hydrogen (secondary N) is 2. The Bertz CT molecular complexity index is 673. The molecule has 0 aliphatic carbocycles. The van der Waals surface area contributed by atoms with Gasteiger partial charge in [0.05, 0.1) is 18.7 Å². The minimum Gasteiger partial charge on any atom is -0.314 e. The fourth-order valence-corrected chi connectivity index (χ4v) is 3.44. The van der Waals surface area contributed by atoms with Crippen LogP contribution in [0.2, 0.25) is 0 Å². The molecule has 12 heteroatoms. The molecule has 3 aliphatic heterocycles. The molecule has 2 bridgehead atoms. The van der Waals surface area contributed by atoms with Crippen LogP contribution >= 0.6 is 0 Å². The molecule has 2 fully saturated rings. The van der Waals surface area contributed by atoms with Crippen molar-refractivity contribution in [2.75, 3.05) is 19.6 Å². The number of fused-ring (bicyclic) bond motifs is 2. The van der Waals surface area contributed by atoms with Crippen LogP contribution in [0.25, 0.3) is 0 Å². The van der Waals surface area contributed by atoms with Crippen molar-refractivity contribution in [3.8, 4) is 0 Å². The number of hydrogen-bond acceptors (Lipinski definition) is 7. The van der Waals surface area contributed by atoms with Gasteiger partial charge < -0.3 is 10.2 Å². The number of amides is 3. The molecule has 3 N–H and O–H groups in total. The third-order valence-electron chi connectivity index (χ3n) is 4.08. The molecular weight excluding hydrogens is 344 g/mol. The summed E-state index contributed by atoms with van der Waals surface area (Å²) in [6.45, 7) is 3.14. The molecule has 3 aliphatic rings. The van der Waals surface area contributed by atoms with Gasteiger partial charge in [-0.05, 0) is 25.5 Å². The summed E-state index contributed by atoms with van der Waals surface area (Å²) in [5, 5.41) is 3.63. The second-order valence-electron chi connectivity index (χ2n) is 5.84. The summed E-state index contributed by atoms with van der Waals surface area (Å²) in [5.41, 5.74) is 2.90. The first-order chi connectivity index (χ1) is 11.3. The number of carbonyl (C=O) groups is 2. The average molecular weight is 362 g/mol. The van der Waals surface area contributed by atoms with Crippen molar-refractivity contribution >= 4 is 22.3 Å².